The van der Waals surface area contributed by atoms with E-state index in [2.05, 4.69) is 4.98 Å². The summed E-state index contributed by atoms with van der Waals surface area (Å²) in [5.41, 5.74) is 2.14. The number of halogens is 3. The lowest BCUT2D eigenvalue weighted by Crippen LogP contribution is -1.94. The van der Waals surface area contributed by atoms with Crippen molar-refractivity contribution in [1.29, 1.82) is 0 Å². The maximum atomic E-state index is 13.3. The second kappa shape index (κ2) is 4.63. The first kappa shape index (κ1) is 12.7. The minimum atomic E-state index is -0.325. The summed E-state index contributed by atoms with van der Waals surface area (Å²) in [6, 6.07) is 9.59. The van der Waals surface area contributed by atoms with E-state index in [1.54, 1.807) is 28.8 Å². The summed E-state index contributed by atoms with van der Waals surface area (Å²) in [6.45, 7) is 0. The van der Waals surface area contributed by atoms with Crippen molar-refractivity contribution < 1.29 is 4.39 Å². The zero-order chi connectivity index (χ0) is 13.6. The zero-order valence-corrected chi connectivity index (χ0v) is 11.8. The Morgan fingerprint density at radius 3 is 2.58 bits per heavy atom. The third-order valence-corrected chi connectivity index (χ3v) is 3.80. The number of nitrogens with one attached hydrogen (secondary N) is 1. The number of imidazole rings is 1. The summed E-state index contributed by atoms with van der Waals surface area (Å²) < 4.78 is 15.5. The van der Waals surface area contributed by atoms with Gasteiger partial charge in [0.15, 0.2) is 4.77 Å². The molecule has 0 unspecified atom stereocenters. The van der Waals surface area contributed by atoms with Crippen LogP contribution < -0.4 is 0 Å². The van der Waals surface area contributed by atoms with E-state index in [-0.39, 0.29) is 5.82 Å². The second-order valence-electron chi connectivity index (χ2n) is 4.03. The number of aromatic amines is 1. The van der Waals surface area contributed by atoms with Crippen molar-refractivity contribution >= 4 is 46.5 Å². The Morgan fingerprint density at radius 1 is 1.11 bits per heavy atom. The Hall–Kier alpha value is -1.36. The maximum absolute atomic E-state index is 13.3. The third kappa shape index (κ3) is 2.16. The molecule has 0 atom stereocenters. The van der Waals surface area contributed by atoms with E-state index < -0.39 is 0 Å². The lowest BCUT2D eigenvalue weighted by atomic mass is 10.2. The van der Waals surface area contributed by atoms with Crippen LogP contribution in [0.5, 0.6) is 0 Å². The molecule has 3 rings (SSSR count). The van der Waals surface area contributed by atoms with Crippen LogP contribution in [0.2, 0.25) is 10.0 Å². The second-order valence-corrected chi connectivity index (χ2v) is 5.23. The van der Waals surface area contributed by atoms with E-state index in [0.717, 1.165) is 11.0 Å². The first-order valence-electron chi connectivity index (χ1n) is 5.42. The molecule has 0 radical (unpaired) electrons. The van der Waals surface area contributed by atoms with Crippen molar-refractivity contribution in [2.45, 2.75) is 0 Å². The number of aromatic nitrogens is 2. The van der Waals surface area contributed by atoms with Crippen LogP contribution >= 0.6 is 35.4 Å². The standard InChI is InChI=1S/C13H7Cl2FN2S/c14-9-5-11-12(6-10(9)15)18(13(19)17-11)8-3-1-2-7(16)4-8/h1-6H,(H,17,19). The molecule has 1 aromatic heterocycles. The van der Waals surface area contributed by atoms with E-state index in [1.807, 2.05) is 0 Å². The third-order valence-electron chi connectivity index (χ3n) is 2.79. The van der Waals surface area contributed by atoms with Gasteiger partial charge in [-0.3, -0.25) is 4.57 Å². The molecule has 1 heterocycles. The average molecular weight is 313 g/mol. The number of hydrogen-bond acceptors (Lipinski definition) is 1. The number of nitrogens with zero attached hydrogens (tertiary/aromatic N) is 1. The number of H-pyrrole nitrogens is 1. The molecule has 1 N–H and O–H groups in total. The van der Waals surface area contributed by atoms with Crippen molar-refractivity contribution in [3.63, 3.8) is 0 Å². The minimum Gasteiger partial charge on any atom is -0.330 e. The van der Waals surface area contributed by atoms with Crippen LogP contribution in [0.15, 0.2) is 36.4 Å². The normalized spacial score (nSPS) is 11.1. The quantitative estimate of drug-likeness (QED) is 0.617. The van der Waals surface area contributed by atoms with Gasteiger partial charge in [0.25, 0.3) is 0 Å². The highest BCUT2D eigenvalue weighted by molar-refractivity contribution is 7.71. The van der Waals surface area contributed by atoms with Crippen LogP contribution in [0.1, 0.15) is 0 Å². The Balaban J connectivity index is 2.38. The Morgan fingerprint density at radius 2 is 1.84 bits per heavy atom. The van der Waals surface area contributed by atoms with Crippen LogP contribution in [-0.2, 0) is 0 Å². The number of hydrogen-bond donors (Lipinski definition) is 1. The first-order valence-corrected chi connectivity index (χ1v) is 6.58. The van der Waals surface area contributed by atoms with Gasteiger partial charge < -0.3 is 4.98 Å². The molecule has 0 bridgehead atoms. The fourth-order valence-corrected chi connectivity index (χ4v) is 2.61. The molecular formula is C13H7Cl2FN2S. The van der Waals surface area contributed by atoms with Crippen LogP contribution in [0.3, 0.4) is 0 Å². The van der Waals surface area contributed by atoms with Gasteiger partial charge in [-0.1, -0.05) is 29.3 Å². The minimum absolute atomic E-state index is 0.325. The van der Waals surface area contributed by atoms with E-state index in [9.17, 15) is 4.39 Å². The average Bonchev–Trinajstić information content (AvgIpc) is 2.65. The molecule has 0 spiro atoms. The molecule has 2 aromatic carbocycles. The van der Waals surface area contributed by atoms with Gasteiger partial charge >= 0.3 is 0 Å². The molecule has 96 valence electrons. The molecule has 2 nitrogen and oxygen atoms in total. The van der Waals surface area contributed by atoms with Crippen molar-refractivity contribution in [1.82, 2.24) is 9.55 Å². The van der Waals surface area contributed by atoms with Gasteiger partial charge in [0.2, 0.25) is 0 Å². The summed E-state index contributed by atoms with van der Waals surface area (Å²) in [7, 11) is 0. The molecule has 6 heteroatoms. The predicted molar refractivity (Wildman–Crippen MR) is 78.4 cm³/mol. The molecule has 0 amide bonds. The smallest absolute Gasteiger partial charge is 0.182 e. The van der Waals surface area contributed by atoms with Crippen molar-refractivity contribution in [3.05, 3.63) is 57.0 Å². The largest absolute Gasteiger partial charge is 0.330 e. The van der Waals surface area contributed by atoms with E-state index in [1.165, 1.54) is 12.1 Å². The monoisotopic (exact) mass is 312 g/mol. The Labute approximate surface area is 123 Å². The van der Waals surface area contributed by atoms with Gasteiger partial charge in [-0.2, -0.15) is 0 Å². The lowest BCUT2D eigenvalue weighted by molar-refractivity contribution is 0.626. The van der Waals surface area contributed by atoms with E-state index in [4.69, 9.17) is 35.4 Å². The fraction of sp³-hybridized carbons (Fsp3) is 0. The fourth-order valence-electron chi connectivity index (χ4n) is 1.97. The Kier molecular flexibility index (Phi) is 3.09. The highest BCUT2D eigenvalue weighted by Gasteiger charge is 2.10. The number of rotatable bonds is 1. The van der Waals surface area contributed by atoms with Crippen molar-refractivity contribution in [2.75, 3.05) is 0 Å². The number of fused-ring (bicyclic) bond motifs is 1. The highest BCUT2D eigenvalue weighted by Crippen LogP contribution is 2.29. The predicted octanol–water partition coefficient (Wildman–Crippen LogP) is 5.13. The summed E-state index contributed by atoms with van der Waals surface area (Å²) >= 11 is 17.2. The van der Waals surface area contributed by atoms with Gasteiger partial charge in [-0.15, -0.1) is 0 Å². The van der Waals surface area contributed by atoms with Crippen LogP contribution in [0.4, 0.5) is 4.39 Å². The van der Waals surface area contributed by atoms with Gasteiger partial charge in [0.05, 0.1) is 26.8 Å². The maximum Gasteiger partial charge on any atom is 0.182 e. The van der Waals surface area contributed by atoms with Gasteiger partial charge in [0, 0.05) is 0 Å². The molecule has 19 heavy (non-hydrogen) atoms. The molecule has 0 saturated carbocycles. The van der Waals surface area contributed by atoms with Gasteiger partial charge in [0.1, 0.15) is 5.82 Å². The van der Waals surface area contributed by atoms with Crippen LogP contribution in [0, 0.1) is 10.6 Å². The molecule has 0 aliphatic rings. The van der Waals surface area contributed by atoms with Crippen LogP contribution in [0.25, 0.3) is 16.7 Å². The topological polar surface area (TPSA) is 20.7 Å². The molecule has 0 saturated heterocycles. The lowest BCUT2D eigenvalue weighted by Gasteiger charge is -2.05. The van der Waals surface area contributed by atoms with Gasteiger partial charge in [-0.05, 0) is 42.5 Å². The molecule has 0 fully saturated rings. The zero-order valence-electron chi connectivity index (χ0n) is 9.45. The molecule has 3 aromatic rings. The van der Waals surface area contributed by atoms with Crippen molar-refractivity contribution in [2.24, 2.45) is 0 Å². The SMILES string of the molecule is Fc1cccc(-n2c(=S)[nH]c3cc(Cl)c(Cl)cc32)c1. The summed E-state index contributed by atoms with van der Waals surface area (Å²) in [5.74, 6) is -0.325. The Bertz CT molecular complexity index is 838. The van der Waals surface area contributed by atoms with Crippen LogP contribution in [-0.4, -0.2) is 9.55 Å². The summed E-state index contributed by atoms with van der Waals surface area (Å²) in [5, 5.41) is 0.866. The number of benzene rings is 2. The molecular weight excluding hydrogens is 306 g/mol. The van der Waals surface area contributed by atoms with Gasteiger partial charge in [-0.25, -0.2) is 4.39 Å². The summed E-state index contributed by atoms with van der Waals surface area (Å²) in [6.07, 6.45) is 0. The highest BCUT2D eigenvalue weighted by atomic mass is 35.5. The van der Waals surface area contributed by atoms with E-state index >= 15 is 0 Å². The molecule has 0 aliphatic carbocycles. The van der Waals surface area contributed by atoms with Crippen molar-refractivity contribution in [3.8, 4) is 5.69 Å². The van der Waals surface area contributed by atoms with E-state index in [0.29, 0.717) is 20.5 Å². The molecule has 0 aliphatic heterocycles. The first-order chi connectivity index (χ1) is 9.06. The summed E-state index contributed by atoms with van der Waals surface area (Å²) in [4.78, 5) is 3.03.